The minimum absolute atomic E-state index is 0. The molecule has 5 aliphatic rings. The number of hydrogen-bond acceptors (Lipinski definition) is 4. The Morgan fingerprint density at radius 2 is 0.449 bits per heavy atom. The summed E-state index contributed by atoms with van der Waals surface area (Å²) in [5.41, 5.74) is 15.0. The third kappa shape index (κ3) is 5.56. The van der Waals surface area contributed by atoms with Crippen molar-refractivity contribution in [1.82, 2.24) is 0 Å². The molecule has 230 valence electrons. The van der Waals surface area contributed by atoms with Crippen LogP contribution < -0.4 is 0 Å². The van der Waals surface area contributed by atoms with Gasteiger partial charge >= 0.3 is 0 Å². The molecule has 9 rings (SSSR count). The van der Waals surface area contributed by atoms with Crippen LogP contribution in [0.3, 0.4) is 0 Å². The van der Waals surface area contributed by atoms with Crippen LogP contribution >= 0.6 is 0 Å². The number of hydrogen-bond donors (Lipinski definition) is 0. The number of benzene rings is 4. The Morgan fingerprint density at radius 3 is 0.653 bits per heavy atom. The maximum Gasteiger partial charge on any atom is 0.0738 e. The second-order valence-corrected chi connectivity index (χ2v) is 11.8. The summed E-state index contributed by atoms with van der Waals surface area (Å²) < 4.78 is 0. The second kappa shape index (κ2) is 12.9. The van der Waals surface area contributed by atoms with Crippen LogP contribution in [0, 0.1) is 0 Å². The summed E-state index contributed by atoms with van der Waals surface area (Å²) in [5.74, 6) is 0. The van der Waals surface area contributed by atoms with E-state index in [0.717, 1.165) is 90.2 Å². The third-order valence-corrected chi connectivity index (χ3v) is 8.86. The van der Waals surface area contributed by atoms with Gasteiger partial charge in [-0.05, 0) is 70.9 Å². The zero-order valence-electron chi connectivity index (χ0n) is 26.4. The van der Waals surface area contributed by atoms with Gasteiger partial charge in [0.2, 0.25) is 0 Å². The van der Waals surface area contributed by atoms with E-state index in [0.29, 0.717) is 0 Å². The molecule has 0 atom stereocenters. The first-order valence-corrected chi connectivity index (χ1v) is 16.1. The maximum absolute atomic E-state index is 5.31. The molecular weight excluding hydrogens is 637 g/mol. The Balaban J connectivity index is 0.00000348. The molecule has 0 spiro atoms. The molecular formula is C44H28CrN4. The summed E-state index contributed by atoms with van der Waals surface area (Å²) in [7, 11) is 0. The smallest absolute Gasteiger partial charge is 0.0738 e. The molecule has 0 saturated heterocycles. The van der Waals surface area contributed by atoms with Gasteiger partial charge in [0.25, 0.3) is 0 Å². The molecule has 8 bridgehead atoms. The fourth-order valence-corrected chi connectivity index (χ4v) is 6.69. The fraction of sp³-hybridized carbons (Fsp3) is 0. The van der Waals surface area contributed by atoms with Crippen LogP contribution in [0.25, 0.3) is 22.3 Å². The van der Waals surface area contributed by atoms with Gasteiger partial charge in [-0.2, -0.15) is 0 Å². The van der Waals surface area contributed by atoms with Crippen LogP contribution in [-0.4, -0.2) is 22.8 Å². The Labute approximate surface area is 296 Å². The van der Waals surface area contributed by atoms with E-state index in [9.17, 15) is 0 Å². The number of allylic oxidation sites excluding steroid dienone is 12. The average Bonchev–Trinajstić information content (AvgIpc) is 3.98. The summed E-state index contributed by atoms with van der Waals surface area (Å²) in [5, 5.41) is 0. The molecule has 0 saturated carbocycles. The predicted molar refractivity (Wildman–Crippen MR) is 200 cm³/mol. The Hall–Kier alpha value is -5.99. The van der Waals surface area contributed by atoms with E-state index in [1.807, 2.05) is 24.3 Å². The van der Waals surface area contributed by atoms with E-state index in [2.05, 4.69) is 146 Å². The minimum Gasteiger partial charge on any atom is -0.248 e. The molecule has 49 heavy (non-hydrogen) atoms. The molecule has 4 nitrogen and oxygen atoms in total. The molecule has 4 aromatic rings. The van der Waals surface area contributed by atoms with Gasteiger partial charge in [-0.25, -0.2) is 20.0 Å². The maximum atomic E-state index is 5.31. The van der Waals surface area contributed by atoms with Crippen molar-refractivity contribution < 1.29 is 17.4 Å². The molecule has 5 heterocycles. The Kier molecular flexibility index (Phi) is 7.99. The molecule has 4 aromatic carbocycles. The minimum atomic E-state index is 0. The van der Waals surface area contributed by atoms with Gasteiger partial charge in [0, 0.05) is 39.7 Å². The van der Waals surface area contributed by atoms with Gasteiger partial charge in [-0.15, -0.1) is 0 Å². The van der Waals surface area contributed by atoms with Gasteiger partial charge in [-0.1, -0.05) is 121 Å². The van der Waals surface area contributed by atoms with Crippen molar-refractivity contribution in [1.29, 1.82) is 0 Å². The van der Waals surface area contributed by atoms with E-state index in [4.69, 9.17) is 20.0 Å². The molecule has 5 heteroatoms. The zero-order chi connectivity index (χ0) is 31.9. The third-order valence-electron chi connectivity index (χ3n) is 8.86. The normalized spacial score (nSPS) is 17.5. The first-order valence-electron chi connectivity index (χ1n) is 16.1. The second-order valence-electron chi connectivity index (χ2n) is 11.8. The van der Waals surface area contributed by atoms with Crippen molar-refractivity contribution in [2.24, 2.45) is 20.0 Å². The molecule has 0 aliphatic carbocycles. The SMILES string of the molecule is C1=CC2=C(c3ccccc3)C3=NC(=C(c4ccccc4)C4=NC(=C(c5ccccc5)C5=NC(=C(c6ccccc6)C1=N2)C=C5)C=C4)C=C3.[Cr]. The van der Waals surface area contributed by atoms with Crippen LogP contribution in [0.4, 0.5) is 0 Å². The van der Waals surface area contributed by atoms with E-state index in [1.165, 1.54) is 0 Å². The summed E-state index contributed by atoms with van der Waals surface area (Å²) in [6, 6.07) is 41.6. The summed E-state index contributed by atoms with van der Waals surface area (Å²) in [6.45, 7) is 0. The van der Waals surface area contributed by atoms with Gasteiger partial charge in [0.05, 0.1) is 45.6 Å². The topological polar surface area (TPSA) is 49.4 Å². The first-order chi connectivity index (χ1) is 23.8. The number of aliphatic imine (C=N–C) groups is 4. The van der Waals surface area contributed by atoms with Gasteiger partial charge in [0.1, 0.15) is 0 Å². The van der Waals surface area contributed by atoms with E-state index in [-0.39, 0.29) is 17.4 Å². The number of rotatable bonds is 4. The zero-order valence-corrected chi connectivity index (χ0v) is 27.6. The van der Waals surface area contributed by atoms with Crippen LogP contribution in [0.15, 0.2) is 213 Å². The molecule has 0 N–H and O–H groups in total. The van der Waals surface area contributed by atoms with Crippen molar-refractivity contribution in [3.05, 3.63) is 215 Å². The van der Waals surface area contributed by atoms with Crippen molar-refractivity contribution >= 4 is 45.1 Å². The molecule has 0 aromatic heterocycles. The van der Waals surface area contributed by atoms with E-state index >= 15 is 0 Å². The van der Waals surface area contributed by atoms with Crippen LogP contribution in [0.1, 0.15) is 22.3 Å². The van der Waals surface area contributed by atoms with E-state index < -0.39 is 0 Å². The van der Waals surface area contributed by atoms with Crippen molar-refractivity contribution in [2.45, 2.75) is 0 Å². The quantitative estimate of drug-likeness (QED) is 0.209. The number of fused-ring (bicyclic) bond motifs is 4. The van der Waals surface area contributed by atoms with Crippen molar-refractivity contribution in [3.63, 3.8) is 0 Å². The number of nitrogens with zero attached hydrogens (tertiary/aromatic N) is 4. The monoisotopic (exact) mass is 664 g/mol. The predicted octanol–water partition coefficient (Wildman–Crippen LogP) is 9.69. The van der Waals surface area contributed by atoms with Crippen LogP contribution in [-0.2, 0) is 17.4 Å². The summed E-state index contributed by atoms with van der Waals surface area (Å²) in [4.78, 5) is 21.2. The molecule has 0 radical (unpaired) electrons. The van der Waals surface area contributed by atoms with Gasteiger partial charge < -0.3 is 0 Å². The Bertz CT molecular complexity index is 2040. The van der Waals surface area contributed by atoms with Gasteiger partial charge in [-0.3, -0.25) is 0 Å². The molecule has 0 fully saturated rings. The van der Waals surface area contributed by atoms with E-state index in [1.54, 1.807) is 0 Å². The standard InChI is InChI=1S/C44H28N4.Cr/c1-5-13-29(14-6-1)41-33-21-23-35(45-33)42(30-15-7-2-8-16-30)37-25-27-39(47-37)44(32-19-11-4-12-20-32)40-28-26-38(48-40)43(31-17-9-3-10-18-31)36-24-22-34(41)46-36;/h1-28H;. The average molecular weight is 665 g/mol. The summed E-state index contributed by atoms with van der Waals surface area (Å²) in [6.07, 6.45) is 16.8. The first kappa shape index (κ1) is 30.4. The van der Waals surface area contributed by atoms with Crippen LogP contribution in [0.2, 0.25) is 0 Å². The van der Waals surface area contributed by atoms with Crippen molar-refractivity contribution in [2.75, 3.05) is 0 Å². The largest absolute Gasteiger partial charge is 0.248 e. The Morgan fingerprint density at radius 1 is 0.245 bits per heavy atom. The fourth-order valence-electron chi connectivity index (χ4n) is 6.69. The van der Waals surface area contributed by atoms with Crippen LogP contribution in [0.5, 0.6) is 0 Å². The molecule has 5 aliphatic heterocycles. The molecule has 0 unspecified atom stereocenters. The van der Waals surface area contributed by atoms with Crippen molar-refractivity contribution in [3.8, 4) is 0 Å². The molecule has 0 amide bonds. The summed E-state index contributed by atoms with van der Waals surface area (Å²) >= 11 is 0. The van der Waals surface area contributed by atoms with Gasteiger partial charge in [0.15, 0.2) is 0 Å².